The van der Waals surface area contributed by atoms with Crippen molar-refractivity contribution in [2.24, 2.45) is 23.2 Å². The van der Waals surface area contributed by atoms with Crippen molar-refractivity contribution in [2.45, 2.75) is 44.6 Å². The number of hydrogen-bond acceptors (Lipinski definition) is 4. The Morgan fingerprint density at radius 3 is 2.24 bits per heavy atom. The molecule has 1 aromatic carbocycles. The average Bonchev–Trinajstić information content (AvgIpc) is 3.18. The quantitative estimate of drug-likeness (QED) is 0.720. The van der Waals surface area contributed by atoms with Gasteiger partial charge in [-0.15, -0.1) is 11.3 Å². The summed E-state index contributed by atoms with van der Waals surface area (Å²) in [5.74, 6) is 1.68. The molecule has 0 spiro atoms. The van der Waals surface area contributed by atoms with Gasteiger partial charge in [-0.1, -0.05) is 11.6 Å². The van der Waals surface area contributed by atoms with Gasteiger partial charge in [-0.2, -0.15) is 0 Å². The molecule has 29 heavy (non-hydrogen) atoms. The molecule has 4 aliphatic rings. The maximum Gasteiger partial charge on any atom is 0.251 e. The van der Waals surface area contributed by atoms with Gasteiger partial charge in [0.15, 0.2) is 5.13 Å². The highest BCUT2D eigenvalue weighted by Gasteiger charge is 2.56. The SMILES string of the molecule is O=C(NC(C(=O)Nc1nccs1)C12CC3CC(CC(C3)C1)C2)c1ccc(Cl)cc1. The molecule has 2 aromatic rings. The number of hydrogen-bond donors (Lipinski definition) is 2. The van der Waals surface area contributed by atoms with Crippen LogP contribution in [-0.4, -0.2) is 22.8 Å². The number of carbonyl (C=O) groups excluding carboxylic acids is 2. The number of thiazole rings is 1. The van der Waals surface area contributed by atoms with Crippen LogP contribution in [0.15, 0.2) is 35.8 Å². The van der Waals surface area contributed by atoms with Gasteiger partial charge < -0.3 is 10.6 Å². The highest BCUT2D eigenvalue weighted by Crippen LogP contribution is 2.61. The lowest BCUT2D eigenvalue weighted by Gasteiger charge is -2.58. The molecule has 0 saturated heterocycles. The highest BCUT2D eigenvalue weighted by atomic mass is 35.5. The third-order valence-corrected chi connectivity index (χ3v) is 7.94. The Bertz CT molecular complexity index is 877. The van der Waals surface area contributed by atoms with Gasteiger partial charge in [0.2, 0.25) is 5.91 Å². The summed E-state index contributed by atoms with van der Waals surface area (Å²) in [7, 11) is 0. The van der Waals surface area contributed by atoms with Crippen LogP contribution in [-0.2, 0) is 4.79 Å². The molecule has 4 fully saturated rings. The van der Waals surface area contributed by atoms with E-state index in [0.29, 0.717) is 33.5 Å². The average molecular weight is 430 g/mol. The largest absolute Gasteiger partial charge is 0.340 e. The van der Waals surface area contributed by atoms with Gasteiger partial charge in [-0.3, -0.25) is 9.59 Å². The summed E-state index contributed by atoms with van der Waals surface area (Å²) in [5, 5.41) is 9.04. The van der Waals surface area contributed by atoms with Gasteiger partial charge in [0, 0.05) is 27.6 Å². The Morgan fingerprint density at radius 1 is 1.07 bits per heavy atom. The molecule has 1 unspecified atom stereocenters. The van der Waals surface area contributed by atoms with Crippen LogP contribution in [0.5, 0.6) is 0 Å². The molecule has 4 aliphatic carbocycles. The Balaban J connectivity index is 1.43. The van der Waals surface area contributed by atoms with Crippen molar-refractivity contribution in [3.05, 3.63) is 46.4 Å². The number of benzene rings is 1. The molecule has 0 aliphatic heterocycles. The summed E-state index contributed by atoms with van der Waals surface area (Å²) >= 11 is 7.35. The van der Waals surface area contributed by atoms with Crippen molar-refractivity contribution in [2.75, 3.05) is 5.32 Å². The maximum atomic E-state index is 13.4. The van der Waals surface area contributed by atoms with E-state index in [1.165, 1.54) is 30.6 Å². The first-order valence-corrected chi connectivity index (χ1v) is 11.5. The minimum atomic E-state index is -0.553. The molecular formula is C22H24ClN3O2S. The fourth-order valence-electron chi connectivity index (χ4n) is 6.31. The van der Waals surface area contributed by atoms with E-state index in [4.69, 9.17) is 11.6 Å². The summed E-state index contributed by atoms with van der Waals surface area (Å²) in [6.07, 6.45) is 8.59. The van der Waals surface area contributed by atoms with Crippen LogP contribution in [0.4, 0.5) is 5.13 Å². The van der Waals surface area contributed by atoms with Crippen LogP contribution in [0.3, 0.4) is 0 Å². The molecule has 0 radical (unpaired) electrons. The van der Waals surface area contributed by atoms with Crippen molar-refractivity contribution >= 4 is 39.9 Å². The Morgan fingerprint density at radius 2 is 1.69 bits per heavy atom. The predicted molar refractivity (Wildman–Crippen MR) is 114 cm³/mol. The second-order valence-corrected chi connectivity index (χ2v) is 10.4. The van der Waals surface area contributed by atoms with E-state index in [2.05, 4.69) is 15.6 Å². The lowest BCUT2D eigenvalue weighted by Crippen LogP contribution is -2.61. The molecule has 152 valence electrons. The minimum Gasteiger partial charge on any atom is -0.340 e. The molecule has 7 heteroatoms. The zero-order chi connectivity index (χ0) is 20.0. The lowest BCUT2D eigenvalue weighted by molar-refractivity contribution is -0.129. The number of nitrogens with zero attached hydrogens (tertiary/aromatic N) is 1. The number of rotatable bonds is 5. The van der Waals surface area contributed by atoms with Crippen LogP contribution in [0, 0.1) is 23.2 Å². The van der Waals surface area contributed by atoms with E-state index in [0.717, 1.165) is 19.3 Å². The van der Waals surface area contributed by atoms with E-state index >= 15 is 0 Å². The van der Waals surface area contributed by atoms with E-state index in [-0.39, 0.29) is 17.2 Å². The third-order valence-electron chi connectivity index (χ3n) is 7.00. The zero-order valence-electron chi connectivity index (χ0n) is 16.1. The van der Waals surface area contributed by atoms with Crippen LogP contribution >= 0.6 is 22.9 Å². The maximum absolute atomic E-state index is 13.4. The molecule has 5 nitrogen and oxygen atoms in total. The molecule has 1 heterocycles. The van der Waals surface area contributed by atoms with Crippen LogP contribution in [0.2, 0.25) is 5.02 Å². The van der Waals surface area contributed by atoms with Crippen LogP contribution in [0.1, 0.15) is 48.9 Å². The first kappa shape index (κ1) is 19.1. The monoisotopic (exact) mass is 429 g/mol. The van der Waals surface area contributed by atoms with Crippen LogP contribution in [0.25, 0.3) is 0 Å². The normalized spacial score (nSPS) is 30.7. The van der Waals surface area contributed by atoms with Crippen LogP contribution < -0.4 is 10.6 Å². The van der Waals surface area contributed by atoms with Gasteiger partial charge in [0.1, 0.15) is 6.04 Å². The Labute approximate surface area is 179 Å². The fraction of sp³-hybridized carbons (Fsp3) is 0.500. The van der Waals surface area contributed by atoms with Crippen molar-refractivity contribution in [1.29, 1.82) is 0 Å². The second kappa shape index (κ2) is 7.40. The van der Waals surface area contributed by atoms with Gasteiger partial charge in [-0.25, -0.2) is 4.98 Å². The molecular weight excluding hydrogens is 406 g/mol. The lowest BCUT2D eigenvalue weighted by atomic mass is 9.47. The second-order valence-electron chi connectivity index (χ2n) is 9.02. The van der Waals surface area contributed by atoms with E-state index in [1.54, 1.807) is 30.5 Å². The first-order valence-electron chi connectivity index (χ1n) is 10.3. The van der Waals surface area contributed by atoms with E-state index in [1.807, 2.05) is 5.38 Å². The molecule has 1 aromatic heterocycles. The molecule has 4 saturated carbocycles. The third kappa shape index (κ3) is 3.68. The predicted octanol–water partition coefficient (Wildman–Crippen LogP) is 4.75. The molecule has 6 rings (SSSR count). The molecule has 2 amide bonds. The number of carbonyl (C=O) groups is 2. The molecule has 4 bridgehead atoms. The summed E-state index contributed by atoms with van der Waals surface area (Å²) in [6.45, 7) is 0. The summed E-state index contributed by atoms with van der Waals surface area (Å²) < 4.78 is 0. The minimum absolute atomic E-state index is 0.149. The van der Waals surface area contributed by atoms with E-state index in [9.17, 15) is 9.59 Å². The van der Waals surface area contributed by atoms with Crippen molar-refractivity contribution in [3.63, 3.8) is 0 Å². The first-order chi connectivity index (χ1) is 14.0. The number of aromatic nitrogens is 1. The zero-order valence-corrected chi connectivity index (χ0v) is 17.6. The Kier molecular flexibility index (Phi) is 4.87. The molecule has 2 N–H and O–H groups in total. The van der Waals surface area contributed by atoms with Gasteiger partial charge in [0.05, 0.1) is 0 Å². The van der Waals surface area contributed by atoms with Crippen molar-refractivity contribution < 1.29 is 9.59 Å². The van der Waals surface area contributed by atoms with Crippen molar-refractivity contribution in [1.82, 2.24) is 10.3 Å². The smallest absolute Gasteiger partial charge is 0.251 e. The molecule has 1 atom stereocenters. The van der Waals surface area contributed by atoms with Gasteiger partial charge in [0.25, 0.3) is 5.91 Å². The number of amides is 2. The fourth-order valence-corrected chi connectivity index (χ4v) is 6.96. The summed E-state index contributed by atoms with van der Waals surface area (Å²) in [4.78, 5) is 30.6. The number of anilines is 1. The van der Waals surface area contributed by atoms with Crippen molar-refractivity contribution in [3.8, 4) is 0 Å². The highest BCUT2D eigenvalue weighted by molar-refractivity contribution is 7.13. The summed E-state index contributed by atoms with van der Waals surface area (Å²) in [5.41, 5.74) is 0.365. The number of nitrogens with one attached hydrogen (secondary N) is 2. The summed E-state index contributed by atoms with van der Waals surface area (Å²) in [6, 6.07) is 6.25. The van der Waals surface area contributed by atoms with Gasteiger partial charge in [-0.05, 0) is 80.5 Å². The number of halogens is 1. The van der Waals surface area contributed by atoms with E-state index < -0.39 is 6.04 Å². The Hall–Kier alpha value is -1.92. The topological polar surface area (TPSA) is 71.1 Å². The van der Waals surface area contributed by atoms with Gasteiger partial charge >= 0.3 is 0 Å². The standard InChI is InChI=1S/C22H24ClN3O2S/c23-17-3-1-16(2-4-17)19(27)25-18(20(28)26-21-24-5-6-29-21)22-10-13-7-14(11-22)9-15(8-13)12-22/h1-6,13-15,18H,7-12H2,(H,25,27)(H,24,26,28).